The lowest BCUT2D eigenvalue weighted by molar-refractivity contribution is -0.934. The van der Waals surface area contributed by atoms with Crippen molar-refractivity contribution >= 4 is 5.97 Å². The lowest BCUT2D eigenvalue weighted by atomic mass is 10.4. The summed E-state index contributed by atoms with van der Waals surface area (Å²) in [4.78, 5) is 10.1. The number of aliphatic carboxylic acids is 1. The number of carboxylic acid groups (broad SMARTS) is 1. The molecule has 12 heavy (non-hydrogen) atoms. The first-order chi connectivity index (χ1) is 5.48. The van der Waals surface area contributed by atoms with Gasteiger partial charge in [-0.1, -0.05) is 6.92 Å². The van der Waals surface area contributed by atoms with Gasteiger partial charge < -0.3 is 9.90 Å². The highest BCUT2D eigenvalue weighted by Crippen LogP contribution is 1.92. The van der Waals surface area contributed by atoms with Gasteiger partial charge in [0.05, 0.1) is 20.6 Å². The highest BCUT2D eigenvalue weighted by molar-refractivity contribution is 5.64. The van der Waals surface area contributed by atoms with Gasteiger partial charge in [0.15, 0.2) is 0 Å². The van der Waals surface area contributed by atoms with E-state index in [0.29, 0.717) is 11.1 Å². The van der Waals surface area contributed by atoms with Crippen molar-refractivity contribution in [3.05, 3.63) is 0 Å². The molecule has 0 unspecified atom stereocenters. The number of hydrogen-bond acceptors (Lipinski definition) is 3. The second kappa shape index (κ2) is 5.11. The third kappa shape index (κ3) is 6.12. The number of rotatable bonds is 6. The average molecular weight is 174 g/mol. The monoisotopic (exact) mass is 174 g/mol. The van der Waals surface area contributed by atoms with Crippen molar-refractivity contribution in [2.75, 3.05) is 27.2 Å². The Morgan fingerprint density at radius 1 is 1.50 bits per heavy atom. The van der Waals surface area contributed by atoms with Crippen molar-refractivity contribution in [1.29, 1.82) is 0 Å². The molecular weight excluding hydrogens is 156 g/mol. The molecule has 0 heterocycles. The van der Waals surface area contributed by atoms with E-state index >= 15 is 0 Å². The fraction of sp³-hybridized carbons (Fsp3) is 0.875. The number of quaternary nitrogens is 1. The van der Waals surface area contributed by atoms with Gasteiger partial charge in [0.2, 0.25) is 0 Å². The number of nitrogens with one attached hydrogen (secondary N) is 1. The number of hydrogen-bond donors (Lipinski definition) is 1. The largest absolute Gasteiger partial charge is 0.550 e. The molecule has 0 aliphatic carbocycles. The van der Waals surface area contributed by atoms with Crippen molar-refractivity contribution in [2.45, 2.75) is 19.8 Å². The Hall–Kier alpha value is -0.610. The first-order valence-corrected chi connectivity index (χ1v) is 4.26. The lowest BCUT2D eigenvalue weighted by Crippen LogP contribution is -2.53. The fourth-order valence-corrected chi connectivity index (χ4v) is 1.10. The van der Waals surface area contributed by atoms with Crippen molar-refractivity contribution in [1.82, 2.24) is 5.43 Å². The van der Waals surface area contributed by atoms with E-state index in [4.69, 9.17) is 0 Å². The second-order valence-corrected chi connectivity index (χ2v) is 3.44. The van der Waals surface area contributed by atoms with Gasteiger partial charge in [0.1, 0.15) is 0 Å². The number of carbonyl (C=O) groups is 1. The maximum Gasteiger partial charge on any atom is 0.0955 e. The van der Waals surface area contributed by atoms with Gasteiger partial charge in [0, 0.05) is 18.9 Å². The summed E-state index contributed by atoms with van der Waals surface area (Å²) in [7, 11) is 4.03. The van der Waals surface area contributed by atoms with E-state index < -0.39 is 5.97 Å². The molecule has 0 atom stereocenters. The third-order valence-corrected chi connectivity index (χ3v) is 1.65. The Kier molecular flexibility index (Phi) is 4.85. The van der Waals surface area contributed by atoms with Crippen molar-refractivity contribution in [3.63, 3.8) is 0 Å². The maximum atomic E-state index is 10.1. The summed E-state index contributed by atoms with van der Waals surface area (Å²) >= 11 is 0. The summed E-state index contributed by atoms with van der Waals surface area (Å²) in [6.07, 6.45) is 1.15. The highest BCUT2D eigenvalue weighted by Gasteiger charge is 2.11. The van der Waals surface area contributed by atoms with E-state index in [1.807, 2.05) is 14.1 Å². The zero-order chi connectivity index (χ0) is 9.61. The summed E-state index contributed by atoms with van der Waals surface area (Å²) in [5, 5.41) is 10.1. The molecule has 0 aliphatic heterocycles. The van der Waals surface area contributed by atoms with Crippen molar-refractivity contribution < 1.29 is 14.5 Å². The molecular formula is C8H18N2O2. The van der Waals surface area contributed by atoms with Crippen LogP contribution >= 0.6 is 0 Å². The van der Waals surface area contributed by atoms with Crippen LogP contribution in [0.25, 0.3) is 0 Å². The summed E-state index contributed by atoms with van der Waals surface area (Å²) in [6, 6.07) is 0. The lowest BCUT2D eigenvalue weighted by Gasteiger charge is -2.29. The van der Waals surface area contributed by atoms with Gasteiger partial charge in [0.25, 0.3) is 0 Å². The third-order valence-electron chi connectivity index (χ3n) is 1.65. The quantitative estimate of drug-likeness (QED) is 0.420. The van der Waals surface area contributed by atoms with Crippen molar-refractivity contribution in [2.24, 2.45) is 0 Å². The normalized spacial score (nSPS) is 11.6. The van der Waals surface area contributed by atoms with E-state index in [1.54, 1.807) is 0 Å². The molecule has 0 aromatic heterocycles. The SMILES string of the molecule is CCC[N+](C)(C)NCCC(=O)[O-]. The van der Waals surface area contributed by atoms with Gasteiger partial charge in [-0.15, -0.1) is 0 Å². The van der Waals surface area contributed by atoms with Crippen LogP contribution in [-0.4, -0.2) is 37.7 Å². The molecule has 0 aliphatic rings. The molecule has 0 rings (SSSR count). The van der Waals surface area contributed by atoms with Gasteiger partial charge in [-0.2, -0.15) is 5.43 Å². The summed E-state index contributed by atoms with van der Waals surface area (Å²) in [6.45, 7) is 3.56. The van der Waals surface area contributed by atoms with Gasteiger partial charge in [-0.25, -0.2) is 0 Å². The molecule has 0 aromatic carbocycles. The zero-order valence-electron chi connectivity index (χ0n) is 8.09. The molecule has 0 radical (unpaired) electrons. The summed E-state index contributed by atoms with van der Waals surface area (Å²) < 4.78 is 0.657. The standard InChI is InChI=1S/C8H18N2O2/c1-4-7-10(2,3)9-6-5-8(11)12/h9H,4-7H2,1-3H3. The predicted octanol–water partition coefficient (Wildman–Crippen LogP) is -0.883. The zero-order valence-corrected chi connectivity index (χ0v) is 8.09. The van der Waals surface area contributed by atoms with E-state index in [9.17, 15) is 9.90 Å². The molecule has 0 aromatic rings. The molecule has 0 fully saturated rings. The number of nitrogens with zero attached hydrogens (tertiary/aromatic N) is 1. The predicted molar refractivity (Wildman–Crippen MR) is 44.9 cm³/mol. The van der Waals surface area contributed by atoms with E-state index in [2.05, 4.69) is 12.3 Å². The average Bonchev–Trinajstić information content (AvgIpc) is 1.85. The Bertz CT molecular complexity index is 146. The molecule has 1 N–H and O–H groups in total. The van der Waals surface area contributed by atoms with Crippen LogP contribution in [0.3, 0.4) is 0 Å². The molecule has 0 bridgehead atoms. The molecule has 72 valence electrons. The van der Waals surface area contributed by atoms with Crippen molar-refractivity contribution in [3.8, 4) is 0 Å². The van der Waals surface area contributed by atoms with Crippen LogP contribution in [-0.2, 0) is 4.79 Å². The summed E-state index contributed by atoms with van der Waals surface area (Å²) in [5.41, 5.74) is 3.11. The van der Waals surface area contributed by atoms with Crippen LogP contribution in [0.15, 0.2) is 0 Å². The molecule has 4 nitrogen and oxygen atoms in total. The van der Waals surface area contributed by atoms with Gasteiger partial charge >= 0.3 is 0 Å². The number of carboxylic acids is 1. The topological polar surface area (TPSA) is 52.2 Å². The molecule has 0 saturated heterocycles. The van der Waals surface area contributed by atoms with E-state index in [1.165, 1.54) is 0 Å². The van der Waals surface area contributed by atoms with Crippen LogP contribution in [0.4, 0.5) is 0 Å². The second-order valence-electron chi connectivity index (χ2n) is 3.44. The van der Waals surface area contributed by atoms with E-state index in [0.717, 1.165) is 13.0 Å². The molecule has 0 spiro atoms. The Balaban J connectivity index is 3.53. The van der Waals surface area contributed by atoms with Gasteiger partial charge in [-0.3, -0.25) is 4.59 Å². The first-order valence-electron chi connectivity index (χ1n) is 4.26. The minimum absolute atomic E-state index is 0.0748. The van der Waals surface area contributed by atoms with Crippen LogP contribution in [0, 0.1) is 0 Å². The smallest absolute Gasteiger partial charge is 0.0955 e. The van der Waals surface area contributed by atoms with Gasteiger partial charge in [-0.05, 0) is 6.42 Å². The minimum atomic E-state index is -1.00. The Morgan fingerprint density at radius 2 is 2.08 bits per heavy atom. The van der Waals surface area contributed by atoms with Crippen LogP contribution in [0.5, 0.6) is 0 Å². The van der Waals surface area contributed by atoms with Crippen LogP contribution < -0.4 is 10.5 Å². The Morgan fingerprint density at radius 3 is 2.50 bits per heavy atom. The highest BCUT2D eigenvalue weighted by atomic mass is 16.4. The van der Waals surface area contributed by atoms with E-state index in [-0.39, 0.29) is 6.42 Å². The van der Waals surface area contributed by atoms with Crippen LogP contribution in [0.1, 0.15) is 19.8 Å². The summed E-state index contributed by atoms with van der Waals surface area (Å²) in [5.74, 6) is -1.00. The molecule has 4 heteroatoms. The first kappa shape index (κ1) is 11.4. The minimum Gasteiger partial charge on any atom is -0.550 e. The van der Waals surface area contributed by atoms with Crippen LogP contribution in [0.2, 0.25) is 0 Å². The Labute approximate surface area is 73.7 Å². The number of carbonyl (C=O) groups excluding carboxylic acids is 1. The molecule has 0 amide bonds. The fourth-order valence-electron chi connectivity index (χ4n) is 1.10. The maximum absolute atomic E-state index is 10.1. The molecule has 0 saturated carbocycles.